The van der Waals surface area contributed by atoms with E-state index in [-0.39, 0.29) is 18.0 Å². The van der Waals surface area contributed by atoms with Crippen LogP contribution in [-0.4, -0.2) is 23.1 Å². The molecule has 0 amide bonds. The largest absolute Gasteiger partial charge is 0.481 e. The Hall–Kier alpha value is -1.06. The summed E-state index contributed by atoms with van der Waals surface area (Å²) in [5.41, 5.74) is 0. The van der Waals surface area contributed by atoms with E-state index in [9.17, 15) is 9.59 Å². The number of ether oxygens (including phenoxy) is 1. The van der Waals surface area contributed by atoms with Gasteiger partial charge in [0.1, 0.15) is 0 Å². The zero-order chi connectivity index (χ0) is 16.7. The molecule has 0 radical (unpaired) electrons. The van der Waals surface area contributed by atoms with Crippen LogP contribution in [0, 0.1) is 5.92 Å². The van der Waals surface area contributed by atoms with Crippen molar-refractivity contribution in [1.82, 2.24) is 0 Å². The molecular weight excluding hydrogens is 268 g/mol. The van der Waals surface area contributed by atoms with Gasteiger partial charge in [0.2, 0.25) is 0 Å². The van der Waals surface area contributed by atoms with E-state index in [0.717, 1.165) is 19.3 Å². The summed E-state index contributed by atoms with van der Waals surface area (Å²) in [5, 5.41) is 8.78. The van der Waals surface area contributed by atoms with Gasteiger partial charge < -0.3 is 9.84 Å². The van der Waals surface area contributed by atoms with Crippen molar-refractivity contribution in [2.75, 3.05) is 0 Å². The Morgan fingerprint density at radius 1 is 1.00 bits per heavy atom. The fraction of sp³-hybridized carbons (Fsp3) is 0.882. The lowest BCUT2D eigenvalue weighted by atomic mass is 9.98. The van der Waals surface area contributed by atoms with E-state index >= 15 is 0 Å². The lowest BCUT2D eigenvalue weighted by molar-refractivity contribution is -0.147. The molecule has 0 fully saturated rings. The van der Waals surface area contributed by atoms with Gasteiger partial charge in [-0.3, -0.25) is 9.59 Å². The minimum Gasteiger partial charge on any atom is -0.481 e. The number of esters is 1. The van der Waals surface area contributed by atoms with Crippen LogP contribution in [-0.2, 0) is 14.3 Å². The molecule has 0 aliphatic heterocycles. The summed E-state index contributed by atoms with van der Waals surface area (Å²) < 4.78 is 4.76. The Kier molecular flexibility index (Phi) is 16.2. The maximum absolute atomic E-state index is 10.7. The SMILES string of the molecule is CCC(=O)OC(C)C.CCCCCCCC(CC)C(=O)O. The first kappa shape index (κ1) is 22.2. The third-order valence-electron chi connectivity index (χ3n) is 3.15. The quantitative estimate of drug-likeness (QED) is 0.465. The molecule has 21 heavy (non-hydrogen) atoms. The Labute approximate surface area is 130 Å². The van der Waals surface area contributed by atoms with Crippen LogP contribution in [0.15, 0.2) is 0 Å². The second-order valence-electron chi connectivity index (χ2n) is 5.54. The fourth-order valence-corrected chi connectivity index (χ4v) is 1.84. The van der Waals surface area contributed by atoms with Gasteiger partial charge in [0.05, 0.1) is 12.0 Å². The summed E-state index contributed by atoms with van der Waals surface area (Å²) in [6, 6.07) is 0. The van der Waals surface area contributed by atoms with E-state index in [0.29, 0.717) is 6.42 Å². The molecule has 0 rings (SSSR count). The summed E-state index contributed by atoms with van der Waals surface area (Å²) in [6.45, 7) is 9.60. The van der Waals surface area contributed by atoms with Crippen LogP contribution in [0.5, 0.6) is 0 Å². The highest BCUT2D eigenvalue weighted by Gasteiger charge is 2.13. The molecule has 0 aromatic carbocycles. The van der Waals surface area contributed by atoms with Gasteiger partial charge in [-0.1, -0.05) is 52.9 Å². The van der Waals surface area contributed by atoms with Gasteiger partial charge in [0.25, 0.3) is 0 Å². The normalized spacial score (nSPS) is 11.5. The highest BCUT2D eigenvalue weighted by atomic mass is 16.5. The Balaban J connectivity index is 0. The lowest BCUT2D eigenvalue weighted by Crippen LogP contribution is -2.12. The first-order valence-electron chi connectivity index (χ1n) is 8.31. The predicted molar refractivity (Wildman–Crippen MR) is 86.3 cm³/mol. The number of carboxylic acid groups (broad SMARTS) is 1. The molecule has 0 bridgehead atoms. The van der Waals surface area contributed by atoms with Crippen molar-refractivity contribution in [2.24, 2.45) is 5.92 Å². The molecule has 4 nitrogen and oxygen atoms in total. The fourth-order valence-electron chi connectivity index (χ4n) is 1.84. The number of carbonyl (C=O) groups is 2. The van der Waals surface area contributed by atoms with Crippen LogP contribution in [0.4, 0.5) is 0 Å². The number of hydrogen-bond donors (Lipinski definition) is 1. The minimum atomic E-state index is -0.627. The Bertz CT molecular complexity index is 262. The highest BCUT2D eigenvalue weighted by Crippen LogP contribution is 2.14. The molecule has 1 unspecified atom stereocenters. The van der Waals surface area contributed by atoms with E-state index < -0.39 is 5.97 Å². The van der Waals surface area contributed by atoms with E-state index in [1.54, 1.807) is 6.92 Å². The number of hydrogen-bond acceptors (Lipinski definition) is 3. The van der Waals surface area contributed by atoms with Crippen molar-refractivity contribution in [3.63, 3.8) is 0 Å². The molecule has 0 aromatic heterocycles. The summed E-state index contributed by atoms with van der Waals surface area (Å²) in [4.78, 5) is 21.1. The maximum Gasteiger partial charge on any atom is 0.306 e. The van der Waals surface area contributed by atoms with Crippen molar-refractivity contribution in [3.8, 4) is 0 Å². The molecule has 0 spiro atoms. The average Bonchev–Trinajstić information content (AvgIpc) is 2.42. The van der Waals surface area contributed by atoms with Crippen LogP contribution in [0.3, 0.4) is 0 Å². The molecule has 1 N–H and O–H groups in total. The van der Waals surface area contributed by atoms with Gasteiger partial charge in [0, 0.05) is 6.42 Å². The summed E-state index contributed by atoms with van der Waals surface area (Å²) in [7, 11) is 0. The van der Waals surface area contributed by atoms with Gasteiger partial charge in [-0.25, -0.2) is 0 Å². The van der Waals surface area contributed by atoms with Crippen LogP contribution < -0.4 is 0 Å². The Morgan fingerprint density at radius 2 is 1.57 bits per heavy atom. The molecule has 0 saturated heterocycles. The van der Waals surface area contributed by atoms with Crippen molar-refractivity contribution >= 4 is 11.9 Å². The first-order chi connectivity index (χ1) is 9.88. The summed E-state index contributed by atoms with van der Waals surface area (Å²) in [5.74, 6) is -0.861. The second kappa shape index (κ2) is 15.3. The monoisotopic (exact) mass is 302 g/mol. The topological polar surface area (TPSA) is 63.6 Å². The number of aliphatic carboxylic acids is 1. The maximum atomic E-state index is 10.7. The zero-order valence-corrected chi connectivity index (χ0v) is 14.5. The second-order valence-corrected chi connectivity index (χ2v) is 5.54. The molecule has 0 aromatic rings. The van der Waals surface area contributed by atoms with Gasteiger partial charge in [0.15, 0.2) is 0 Å². The van der Waals surface area contributed by atoms with Crippen molar-refractivity contribution < 1.29 is 19.4 Å². The average molecular weight is 302 g/mol. The molecule has 0 aliphatic rings. The van der Waals surface area contributed by atoms with Crippen molar-refractivity contribution in [2.45, 2.75) is 92.1 Å². The number of carbonyl (C=O) groups excluding carboxylic acids is 1. The van der Waals surface area contributed by atoms with E-state index in [1.165, 1.54) is 25.7 Å². The van der Waals surface area contributed by atoms with Gasteiger partial charge in [-0.05, 0) is 26.7 Å². The smallest absolute Gasteiger partial charge is 0.306 e. The number of rotatable bonds is 10. The number of unbranched alkanes of at least 4 members (excludes halogenated alkanes) is 4. The van der Waals surface area contributed by atoms with E-state index in [1.807, 2.05) is 20.8 Å². The molecular formula is C17H34O4. The zero-order valence-electron chi connectivity index (χ0n) is 14.5. The minimum absolute atomic E-state index is 0.0300. The van der Waals surface area contributed by atoms with Gasteiger partial charge >= 0.3 is 11.9 Å². The highest BCUT2D eigenvalue weighted by molar-refractivity contribution is 5.69. The standard InChI is InChI=1S/C11H22O2.C6H12O2/c1-3-5-6-7-8-9-10(4-2)11(12)13;1-4-6(7)8-5(2)3/h10H,3-9H2,1-2H3,(H,12,13);5H,4H2,1-3H3. The van der Waals surface area contributed by atoms with Crippen molar-refractivity contribution in [3.05, 3.63) is 0 Å². The number of carboxylic acids is 1. The summed E-state index contributed by atoms with van der Waals surface area (Å²) in [6.07, 6.45) is 8.17. The van der Waals surface area contributed by atoms with Gasteiger partial charge in [-0.15, -0.1) is 0 Å². The molecule has 0 saturated carbocycles. The molecule has 1 atom stereocenters. The molecule has 4 heteroatoms. The first-order valence-corrected chi connectivity index (χ1v) is 8.31. The third-order valence-corrected chi connectivity index (χ3v) is 3.15. The van der Waals surface area contributed by atoms with Crippen LogP contribution in [0.2, 0.25) is 0 Å². The van der Waals surface area contributed by atoms with E-state index in [2.05, 4.69) is 6.92 Å². The van der Waals surface area contributed by atoms with Crippen molar-refractivity contribution in [1.29, 1.82) is 0 Å². The molecule has 0 aliphatic carbocycles. The third kappa shape index (κ3) is 16.9. The Morgan fingerprint density at radius 3 is 1.90 bits per heavy atom. The lowest BCUT2D eigenvalue weighted by Gasteiger charge is -2.08. The van der Waals surface area contributed by atoms with Gasteiger partial charge in [-0.2, -0.15) is 0 Å². The predicted octanol–water partition coefficient (Wildman–Crippen LogP) is 4.81. The summed E-state index contributed by atoms with van der Waals surface area (Å²) >= 11 is 0. The van der Waals surface area contributed by atoms with Crippen LogP contribution in [0.25, 0.3) is 0 Å². The molecule has 126 valence electrons. The van der Waals surface area contributed by atoms with Crippen LogP contribution >= 0.6 is 0 Å². The molecule has 0 heterocycles. The van der Waals surface area contributed by atoms with E-state index in [4.69, 9.17) is 9.84 Å². The van der Waals surface area contributed by atoms with Crippen LogP contribution in [0.1, 0.15) is 86.0 Å².